The molecular weight excluding hydrogens is 220 g/mol. The number of halogens is 1. The van der Waals surface area contributed by atoms with E-state index in [1.54, 1.807) is 0 Å². The minimum atomic E-state index is -0.527. The van der Waals surface area contributed by atoms with E-state index in [4.69, 9.17) is 9.47 Å². The number of ether oxygens (including phenoxy) is 2. The molecule has 1 aromatic carbocycles. The van der Waals surface area contributed by atoms with Crippen LogP contribution >= 0.6 is 15.9 Å². The van der Waals surface area contributed by atoms with Crippen molar-refractivity contribution in [2.45, 2.75) is 5.79 Å². The zero-order valence-corrected chi connectivity index (χ0v) is 8.08. The first-order chi connectivity index (χ1) is 5.87. The van der Waals surface area contributed by atoms with Crippen molar-refractivity contribution in [1.82, 2.24) is 0 Å². The molecule has 3 heteroatoms. The molecule has 0 atom stereocenters. The van der Waals surface area contributed by atoms with Crippen molar-refractivity contribution in [1.29, 1.82) is 0 Å². The molecule has 0 aliphatic carbocycles. The van der Waals surface area contributed by atoms with Gasteiger partial charge in [-0.3, -0.25) is 0 Å². The van der Waals surface area contributed by atoms with Gasteiger partial charge in [0.15, 0.2) is 6.79 Å². The molecule has 1 aliphatic rings. The van der Waals surface area contributed by atoms with E-state index in [0.29, 0.717) is 12.1 Å². The van der Waals surface area contributed by atoms with Crippen LogP contribution < -0.4 is 0 Å². The zero-order valence-electron chi connectivity index (χ0n) is 6.50. The molecule has 0 spiro atoms. The average molecular weight is 229 g/mol. The van der Waals surface area contributed by atoms with Gasteiger partial charge in [0.05, 0.1) is 5.33 Å². The molecule has 0 radical (unpaired) electrons. The fraction of sp³-hybridized carbons (Fsp3) is 0.333. The Morgan fingerprint density at radius 3 is 2.33 bits per heavy atom. The summed E-state index contributed by atoms with van der Waals surface area (Å²) in [4.78, 5) is 0. The Balaban J connectivity index is 2.28. The number of rotatable bonds is 2. The highest BCUT2D eigenvalue weighted by molar-refractivity contribution is 9.09. The fourth-order valence-corrected chi connectivity index (χ4v) is 1.86. The van der Waals surface area contributed by atoms with E-state index < -0.39 is 5.79 Å². The lowest BCUT2D eigenvalue weighted by atomic mass is 10.1. The van der Waals surface area contributed by atoms with Gasteiger partial charge in [0.25, 0.3) is 0 Å². The third-order valence-electron chi connectivity index (χ3n) is 1.97. The molecular formula is C9H9BrO2. The second-order valence-electron chi connectivity index (χ2n) is 2.66. The summed E-state index contributed by atoms with van der Waals surface area (Å²) in [7, 11) is 0. The minimum absolute atomic E-state index is 0.389. The topological polar surface area (TPSA) is 18.5 Å². The predicted molar refractivity (Wildman–Crippen MR) is 49.0 cm³/mol. The van der Waals surface area contributed by atoms with Crippen LogP contribution in [0.5, 0.6) is 0 Å². The van der Waals surface area contributed by atoms with Gasteiger partial charge in [0.1, 0.15) is 0 Å². The lowest BCUT2D eigenvalue weighted by molar-refractivity contribution is -0.396. The number of hydrogen-bond donors (Lipinski definition) is 0. The van der Waals surface area contributed by atoms with Gasteiger partial charge in [-0.2, -0.15) is 0 Å². The van der Waals surface area contributed by atoms with Crippen molar-refractivity contribution in [2.24, 2.45) is 0 Å². The van der Waals surface area contributed by atoms with Gasteiger partial charge >= 0.3 is 0 Å². The summed E-state index contributed by atoms with van der Waals surface area (Å²) in [5.41, 5.74) is 1.06. The van der Waals surface area contributed by atoms with E-state index in [9.17, 15) is 0 Å². The molecule has 64 valence electrons. The van der Waals surface area contributed by atoms with Gasteiger partial charge in [0, 0.05) is 5.56 Å². The van der Waals surface area contributed by atoms with Crippen LogP contribution in [0.4, 0.5) is 0 Å². The van der Waals surface area contributed by atoms with E-state index in [1.807, 2.05) is 30.3 Å². The molecule has 0 saturated carbocycles. The normalized spacial score (nSPS) is 20.1. The van der Waals surface area contributed by atoms with E-state index >= 15 is 0 Å². The van der Waals surface area contributed by atoms with Gasteiger partial charge in [0.2, 0.25) is 5.79 Å². The van der Waals surface area contributed by atoms with Crippen LogP contribution in [0.3, 0.4) is 0 Å². The monoisotopic (exact) mass is 228 g/mol. The first-order valence-electron chi connectivity index (χ1n) is 3.77. The third-order valence-corrected chi connectivity index (χ3v) is 2.71. The van der Waals surface area contributed by atoms with Crippen molar-refractivity contribution in [2.75, 3.05) is 12.1 Å². The van der Waals surface area contributed by atoms with Gasteiger partial charge in [-0.15, -0.1) is 0 Å². The molecule has 0 unspecified atom stereocenters. The maximum absolute atomic E-state index is 5.38. The maximum atomic E-state index is 5.38. The van der Waals surface area contributed by atoms with Crippen LogP contribution in [-0.2, 0) is 15.3 Å². The molecule has 1 aliphatic heterocycles. The molecule has 0 N–H and O–H groups in total. The van der Waals surface area contributed by atoms with E-state index in [0.717, 1.165) is 5.56 Å². The largest absolute Gasteiger partial charge is 0.318 e. The Morgan fingerprint density at radius 1 is 1.25 bits per heavy atom. The Morgan fingerprint density at radius 2 is 1.92 bits per heavy atom. The summed E-state index contributed by atoms with van der Waals surface area (Å²) in [6.07, 6.45) is 0. The van der Waals surface area contributed by atoms with E-state index in [2.05, 4.69) is 15.9 Å². The lowest BCUT2D eigenvalue weighted by Crippen LogP contribution is -2.45. The van der Waals surface area contributed by atoms with Gasteiger partial charge < -0.3 is 9.47 Å². The Labute approximate surface area is 79.6 Å². The summed E-state index contributed by atoms with van der Waals surface area (Å²) in [5, 5.41) is 0.671. The first-order valence-corrected chi connectivity index (χ1v) is 4.89. The van der Waals surface area contributed by atoms with Crippen LogP contribution in [0.25, 0.3) is 0 Å². The van der Waals surface area contributed by atoms with Crippen LogP contribution in [0.2, 0.25) is 0 Å². The smallest absolute Gasteiger partial charge is 0.209 e. The summed E-state index contributed by atoms with van der Waals surface area (Å²) in [5.74, 6) is -0.527. The zero-order chi connectivity index (χ0) is 8.44. The second-order valence-corrected chi connectivity index (χ2v) is 3.22. The number of benzene rings is 1. The predicted octanol–water partition coefficient (Wildman–Crippen LogP) is 2.24. The highest BCUT2D eigenvalue weighted by Gasteiger charge is 2.40. The number of alkyl halides is 1. The van der Waals surface area contributed by atoms with Crippen molar-refractivity contribution in [3.8, 4) is 0 Å². The van der Waals surface area contributed by atoms with Crippen LogP contribution in [-0.4, -0.2) is 12.1 Å². The average Bonchev–Trinajstić information content (AvgIpc) is 2.05. The van der Waals surface area contributed by atoms with Crippen molar-refractivity contribution < 1.29 is 9.47 Å². The molecule has 0 bridgehead atoms. The van der Waals surface area contributed by atoms with Gasteiger partial charge in [-0.05, 0) is 0 Å². The van der Waals surface area contributed by atoms with Crippen molar-refractivity contribution >= 4 is 15.9 Å². The molecule has 1 heterocycles. The highest BCUT2D eigenvalue weighted by atomic mass is 79.9. The van der Waals surface area contributed by atoms with Crippen LogP contribution in [0.15, 0.2) is 30.3 Å². The van der Waals surface area contributed by atoms with Crippen molar-refractivity contribution in [3.63, 3.8) is 0 Å². The lowest BCUT2D eigenvalue weighted by Gasteiger charge is -2.40. The first kappa shape index (κ1) is 8.23. The summed E-state index contributed by atoms with van der Waals surface area (Å²) < 4.78 is 10.8. The molecule has 2 rings (SSSR count). The summed E-state index contributed by atoms with van der Waals surface area (Å²) >= 11 is 3.37. The third kappa shape index (κ3) is 1.18. The SMILES string of the molecule is BrCC1(c2ccccc2)OCO1. The fourth-order valence-electron chi connectivity index (χ4n) is 1.21. The summed E-state index contributed by atoms with van der Waals surface area (Å²) in [6.45, 7) is 0.389. The molecule has 1 saturated heterocycles. The maximum Gasteiger partial charge on any atom is 0.209 e. The Bertz CT molecular complexity index is 251. The van der Waals surface area contributed by atoms with Crippen LogP contribution in [0, 0.1) is 0 Å². The standard InChI is InChI=1S/C9H9BrO2/c10-6-9(11-7-12-9)8-4-2-1-3-5-8/h1-5H,6-7H2. The molecule has 1 aromatic rings. The minimum Gasteiger partial charge on any atom is -0.318 e. The highest BCUT2D eigenvalue weighted by Crippen LogP contribution is 2.35. The molecule has 0 amide bonds. The van der Waals surface area contributed by atoms with Gasteiger partial charge in [-0.25, -0.2) is 0 Å². The quantitative estimate of drug-likeness (QED) is 0.724. The Kier molecular flexibility index (Phi) is 2.17. The van der Waals surface area contributed by atoms with Crippen LogP contribution in [0.1, 0.15) is 5.56 Å². The Hall–Kier alpha value is -0.380. The molecule has 2 nitrogen and oxygen atoms in total. The number of hydrogen-bond acceptors (Lipinski definition) is 2. The van der Waals surface area contributed by atoms with Crippen molar-refractivity contribution in [3.05, 3.63) is 35.9 Å². The summed E-state index contributed by atoms with van der Waals surface area (Å²) in [6, 6.07) is 9.93. The second kappa shape index (κ2) is 3.17. The van der Waals surface area contributed by atoms with E-state index in [1.165, 1.54) is 0 Å². The molecule has 1 fully saturated rings. The molecule has 0 aromatic heterocycles. The van der Waals surface area contributed by atoms with E-state index in [-0.39, 0.29) is 0 Å². The molecule has 12 heavy (non-hydrogen) atoms. The van der Waals surface area contributed by atoms with Gasteiger partial charge in [-0.1, -0.05) is 46.3 Å².